The Bertz CT molecular complexity index is 140. The van der Waals surface area contributed by atoms with Crippen molar-refractivity contribution >= 4 is 23.2 Å². The van der Waals surface area contributed by atoms with Crippen LogP contribution in [0.5, 0.6) is 0 Å². The van der Waals surface area contributed by atoms with Crippen molar-refractivity contribution in [1.29, 1.82) is 0 Å². The van der Waals surface area contributed by atoms with Gasteiger partial charge in [0.1, 0.15) is 0 Å². The molecule has 11 heavy (non-hydrogen) atoms. The summed E-state index contributed by atoms with van der Waals surface area (Å²) in [5, 5.41) is -0.157. The van der Waals surface area contributed by atoms with E-state index in [1.807, 2.05) is 13.8 Å². The lowest BCUT2D eigenvalue weighted by molar-refractivity contribution is -0.149. The number of ether oxygens (including phenoxy) is 2. The third-order valence-electron chi connectivity index (χ3n) is 1.85. The van der Waals surface area contributed by atoms with Gasteiger partial charge in [0.15, 0.2) is 5.79 Å². The molecular weight excluding hydrogens is 187 g/mol. The first kappa shape index (κ1) is 9.59. The molecule has 0 aliphatic carbocycles. The maximum atomic E-state index is 5.85. The van der Waals surface area contributed by atoms with Crippen LogP contribution in [0, 0.1) is 0 Å². The summed E-state index contributed by atoms with van der Waals surface area (Å²) < 4.78 is 10.8. The molecule has 3 unspecified atom stereocenters. The smallest absolute Gasteiger partial charge is 0.182 e. The number of hydrogen-bond donors (Lipinski definition) is 0. The van der Waals surface area contributed by atoms with Gasteiger partial charge in [0.05, 0.1) is 24.0 Å². The Morgan fingerprint density at radius 1 is 1.73 bits per heavy atom. The molecule has 1 rings (SSSR count). The van der Waals surface area contributed by atoms with Crippen molar-refractivity contribution in [3.05, 3.63) is 0 Å². The molecule has 0 N–H and O–H groups in total. The van der Waals surface area contributed by atoms with Gasteiger partial charge in [0, 0.05) is 0 Å². The van der Waals surface area contributed by atoms with E-state index in [1.165, 1.54) is 0 Å². The van der Waals surface area contributed by atoms with Gasteiger partial charge in [-0.05, 0) is 13.8 Å². The number of rotatable bonds is 2. The van der Waals surface area contributed by atoms with Crippen LogP contribution in [0.2, 0.25) is 0 Å². The fourth-order valence-electron chi connectivity index (χ4n) is 0.942. The topological polar surface area (TPSA) is 18.5 Å². The average Bonchev–Trinajstić information content (AvgIpc) is 2.33. The molecule has 1 saturated heterocycles. The van der Waals surface area contributed by atoms with E-state index in [0.29, 0.717) is 12.5 Å². The van der Waals surface area contributed by atoms with E-state index in [-0.39, 0.29) is 11.5 Å². The minimum Gasteiger partial charge on any atom is -0.346 e. The van der Waals surface area contributed by atoms with E-state index in [4.69, 9.17) is 32.7 Å². The molecular formula is C7H12Cl2O2. The van der Waals surface area contributed by atoms with Crippen LogP contribution in [0.4, 0.5) is 0 Å². The summed E-state index contributed by atoms with van der Waals surface area (Å²) >= 11 is 11.4. The fourth-order valence-corrected chi connectivity index (χ4v) is 1.21. The van der Waals surface area contributed by atoms with Gasteiger partial charge in [-0.25, -0.2) is 0 Å². The van der Waals surface area contributed by atoms with Crippen molar-refractivity contribution < 1.29 is 9.47 Å². The van der Waals surface area contributed by atoms with Crippen molar-refractivity contribution in [2.75, 3.05) is 12.5 Å². The Morgan fingerprint density at radius 2 is 2.36 bits per heavy atom. The molecule has 0 radical (unpaired) electrons. The van der Waals surface area contributed by atoms with Gasteiger partial charge in [-0.15, -0.1) is 23.2 Å². The highest BCUT2D eigenvalue weighted by atomic mass is 35.5. The predicted molar refractivity (Wildman–Crippen MR) is 45.3 cm³/mol. The minimum atomic E-state index is -0.652. The highest BCUT2D eigenvalue weighted by Crippen LogP contribution is 2.29. The maximum absolute atomic E-state index is 5.85. The first-order valence-corrected chi connectivity index (χ1v) is 4.57. The highest BCUT2D eigenvalue weighted by molar-refractivity contribution is 6.21. The molecule has 1 aliphatic heterocycles. The quantitative estimate of drug-likeness (QED) is 0.633. The molecule has 0 aromatic heterocycles. The first-order chi connectivity index (χ1) is 5.08. The normalized spacial score (nSPS) is 40.9. The van der Waals surface area contributed by atoms with Crippen molar-refractivity contribution in [2.24, 2.45) is 0 Å². The van der Waals surface area contributed by atoms with Gasteiger partial charge in [0.25, 0.3) is 0 Å². The molecule has 0 spiro atoms. The summed E-state index contributed by atoms with van der Waals surface area (Å²) in [4.78, 5) is 0. The van der Waals surface area contributed by atoms with Crippen molar-refractivity contribution in [1.82, 2.24) is 0 Å². The monoisotopic (exact) mass is 198 g/mol. The lowest BCUT2D eigenvalue weighted by Crippen LogP contribution is -2.35. The van der Waals surface area contributed by atoms with Gasteiger partial charge in [-0.1, -0.05) is 0 Å². The van der Waals surface area contributed by atoms with Crippen LogP contribution in [0.15, 0.2) is 0 Å². The third-order valence-corrected chi connectivity index (χ3v) is 2.59. The second kappa shape index (κ2) is 3.48. The van der Waals surface area contributed by atoms with E-state index < -0.39 is 5.79 Å². The fraction of sp³-hybridized carbons (Fsp3) is 1.00. The largest absolute Gasteiger partial charge is 0.346 e. The Labute approximate surface area is 76.8 Å². The van der Waals surface area contributed by atoms with Crippen molar-refractivity contribution in [3.63, 3.8) is 0 Å². The van der Waals surface area contributed by atoms with Crippen LogP contribution < -0.4 is 0 Å². The lowest BCUT2D eigenvalue weighted by Gasteiger charge is -2.25. The molecule has 1 heterocycles. The standard InChI is InChI=1S/C7H12Cl2O2/c1-5(9)7(2)10-4-6(3-8)11-7/h5-6H,3-4H2,1-2H3. The number of alkyl halides is 2. The zero-order valence-corrected chi connectivity index (χ0v) is 8.15. The van der Waals surface area contributed by atoms with Crippen LogP contribution in [-0.4, -0.2) is 29.8 Å². The molecule has 3 atom stereocenters. The maximum Gasteiger partial charge on any atom is 0.182 e. The van der Waals surface area contributed by atoms with E-state index in [0.717, 1.165) is 0 Å². The van der Waals surface area contributed by atoms with Gasteiger partial charge in [0.2, 0.25) is 0 Å². The molecule has 0 bridgehead atoms. The third kappa shape index (κ3) is 2.00. The second-order valence-electron chi connectivity index (χ2n) is 2.84. The zero-order chi connectivity index (χ0) is 8.48. The minimum absolute atomic E-state index is 0.0112. The molecule has 2 nitrogen and oxygen atoms in total. The summed E-state index contributed by atoms with van der Waals surface area (Å²) in [6.07, 6.45) is -0.0112. The van der Waals surface area contributed by atoms with E-state index in [2.05, 4.69) is 0 Å². The number of hydrogen-bond acceptors (Lipinski definition) is 2. The summed E-state index contributed by atoms with van der Waals surface area (Å²) in [6.45, 7) is 4.21. The van der Waals surface area contributed by atoms with Gasteiger partial charge >= 0.3 is 0 Å². The van der Waals surface area contributed by atoms with Crippen LogP contribution >= 0.6 is 23.2 Å². The Balaban J connectivity index is 2.50. The molecule has 4 heteroatoms. The van der Waals surface area contributed by atoms with Crippen LogP contribution in [-0.2, 0) is 9.47 Å². The summed E-state index contributed by atoms with van der Waals surface area (Å²) in [5.74, 6) is -0.194. The molecule has 0 amide bonds. The Kier molecular flexibility index (Phi) is 3.03. The van der Waals surface area contributed by atoms with Crippen LogP contribution in [0.25, 0.3) is 0 Å². The molecule has 1 fully saturated rings. The molecule has 0 saturated carbocycles. The van der Waals surface area contributed by atoms with E-state index in [1.54, 1.807) is 0 Å². The average molecular weight is 199 g/mol. The van der Waals surface area contributed by atoms with Crippen LogP contribution in [0.3, 0.4) is 0 Å². The Morgan fingerprint density at radius 3 is 2.64 bits per heavy atom. The van der Waals surface area contributed by atoms with Gasteiger partial charge in [-0.2, -0.15) is 0 Å². The number of halogens is 2. The Hall–Kier alpha value is 0.500. The highest BCUT2D eigenvalue weighted by Gasteiger charge is 2.40. The second-order valence-corrected chi connectivity index (χ2v) is 3.80. The molecule has 0 aromatic carbocycles. The van der Waals surface area contributed by atoms with Crippen LogP contribution in [0.1, 0.15) is 13.8 Å². The van der Waals surface area contributed by atoms with Crippen molar-refractivity contribution in [3.8, 4) is 0 Å². The summed E-state index contributed by atoms with van der Waals surface area (Å²) in [7, 11) is 0. The molecule has 66 valence electrons. The first-order valence-electron chi connectivity index (χ1n) is 3.60. The van der Waals surface area contributed by atoms with Crippen molar-refractivity contribution in [2.45, 2.75) is 31.1 Å². The zero-order valence-electron chi connectivity index (χ0n) is 6.64. The molecule has 1 aliphatic rings. The van der Waals surface area contributed by atoms with E-state index >= 15 is 0 Å². The van der Waals surface area contributed by atoms with Gasteiger partial charge < -0.3 is 9.47 Å². The summed E-state index contributed by atoms with van der Waals surface area (Å²) in [6, 6.07) is 0. The van der Waals surface area contributed by atoms with E-state index in [9.17, 15) is 0 Å². The molecule has 0 aromatic rings. The predicted octanol–water partition coefficient (Wildman–Crippen LogP) is 1.98. The SMILES string of the molecule is CC(Cl)C1(C)OCC(CCl)O1. The summed E-state index contributed by atoms with van der Waals surface area (Å²) in [5.41, 5.74) is 0. The lowest BCUT2D eigenvalue weighted by atomic mass is 10.2. The van der Waals surface area contributed by atoms with Gasteiger partial charge in [-0.3, -0.25) is 0 Å².